The number of carbonyl (C=O) groups is 1. The summed E-state index contributed by atoms with van der Waals surface area (Å²) in [6.45, 7) is 0. The van der Waals surface area contributed by atoms with E-state index in [2.05, 4.69) is 25.6 Å². The zero-order chi connectivity index (χ0) is 14.4. The number of anilines is 1. The van der Waals surface area contributed by atoms with Crippen LogP contribution >= 0.6 is 0 Å². The van der Waals surface area contributed by atoms with Crippen LogP contribution in [0.5, 0.6) is 0 Å². The van der Waals surface area contributed by atoms with Crippen molar-refractivity contribution in [3.05, 3.63) is 36.9 Å². The third kappa shape index (κ3) is 1.97. The van der Waals surface area contributed by atoms with Crippen molar-refractivity contribution in [3.8, 4) is 11.3 Å². The Hall–Kier alpha value is -2.70. The summed E-state index contributed by atoms with van der Waals surface area (Å²) in [5, 5.41) is 14.6. The molecule has 3 atom stereocenters. The molecule has 3 N–H and O–H groups in total. The topological polar surface area (TPSA) is 100 Å². The van der Waals surface area contributed by atoms with Crippen LogP contribution in [0.3, 0.4) is 0 Å². The fourth-order valence-electron chi connectivity index (χ4n) is 2.78. The lowest BCUT2D eigenvalue weighted by Crippen LogP contribution is -2.36. The predicted octanol–water partition coefficient (Wildman–Crippen LogP) is 1.36. The van der Waals surface area contributed by atoms with E-state index < -0.39 is 6.09 Å². The van der Waals surface area contributed by atoms with E-state index in [1.807, 2.05) is 12.1 Å². The van der Waals surface area contributed by atoms with Crippen LogP contribution in [0, 0.1) is 5.92 Å². The Morgan fingerprint density at radius 3 is 2.86 bits per heavy atom. The molecule has 7 nitrogen and oxygen atoms in total. The highest BCUT2D eigenvalue weighted by molar-refractivity contribution is 5.70. The van der Waals surface area contributed by atoms with Crippen molar-refractivity contribution in [1.82, 2.24) is 20.3 Å². The standard InChI is InChI=1S/C14H13N5O2/c20-13(21)19-14-4-9(14)12(14)18-11-7-16-10(6-17-11)8-2-1-3-15-5-8/h1-3,5-7,9,12,19H,4H2,(H,17,18)(H,20,21). The molecule has 4 rings (SSSR count). The van der Waals surface area contributed by atoms with Crippen molar-refractivity contribution in [1.29, 1.82) is 0 Å². The van der Waals surface area contributed by atoms with Crippen LogP contribution in [-0.2, 0) is 0 Å². The van der Waals surface area contributed by atoms with E-state index >= 15 is 0 Å². The lowest BCUT2D eigenvalue weighted by Gasteiger charge is -2.13. The molecule has 0 aliphatic heterocycles. The lowest BCUT2D eigenvalue weighted by molar-refractivity contribution is 0.191. The molecule has 2 aliphatic carbocycles. The minimum atomic E-state index is -0.972. The van der Waals surface area contributed by atoms with Gasteiger partial charge < -0.3 is 15.7 Å². The van der Waals surface area contributed by atoms with Crippen molar-refractivity contribution in [2.45, 2.75) is 18.0 Å². The zero-order valence-corrected chi connectivity index (χ0v) is 11.0. The maximum Gasteiger partial charge on any atom is 0.405 e. The first-order valence-corrected chi connectivity index (χ1v) is 6.69. The Kier molecular flexibility index (Phi) is 2.38. The molecule has 0 aromatic carbocycles. The zero-order valence-electron chi connectivity index (χ0n) is 11.0. The quantitative estimate of drug-likeness (QED) is 0.783. The summed E-state index contributed by atoms with van der Waals surface area (Å²) in [6, 6.07) is 3.90. The first-order valence-electron chi connectivity index (χ1n) is 6.69. The van der Waals surface area contributed by atoms with Gasteiger partial charge in [0.2, 0.25) is 0 Å². The molecule has 0 radical (unpaired) electrons. The molecule has 2 aromatic heterocycles. The van der Waals surface area contributed by atoms with Crippen LogP contribution < -0.4 is 10.6 Å². The maximum absolute atomic E-state index is 10.7. The number of hydrogen-bond acceptors (Lipinski definition) is 5. The highest BCUT2D eigenvalue weighted by Gasteiger charge is 2.80. The fraction of sp³-hybridized carbons (Fsp3) is 0.286. The number of aromatic nitrogens is 3. The van der Waals surface area contributed by atoms with Crippen LogP contribution in [0.25, 0.3) is 11.3 Å². The van der Waals surface area contributed by atoms with Gasteiger partial charge in [0.25, 0.3) is 0 Å². The highest BCUT2D eigenvalue weighted by atomic mass is 16.4. The van der Waals surface area contributed by atoms with Gasteiger partial charge in [0.05, 0.1) is 29.7 Å². The fourth-order valence-corrected chi connectivity index (χ4v) is 2.78. The van der Waals surface area contributed by atoms with Crippen molar-refractivity contribution < 1.29 is 9.90 Å². The summed E-state index contributed by atoms with van der Waals surface area (Å²) >= 11 is 0. The minimum Gasteiger partial charge on any atom is -0.465 e. The lowest BCUT2D eigenvalue weighted by atomic mass is 10.2. The third-order valence-corrected chi connectivity index (χ3v) is 4.16. The Balaban J connectivity index is 1.43. The van der Waals surface area contributed by atoms with E-state index in [1.165, 1.54) is 0 Å². The number of nitrogens with one attached hydrogen (secondary N) is 2. The highest BCUT2D eigenvalue weighted by Crippen LogP contribution is 2.67. The molecule has 2 fully saturated rings. The van der Waals surface area contributed by atoms with Crippen molar-refractivity contribution >= 4 is 11.9 Å². The molecule has 1 amide bonds. The van der Waals surface area contributed by atoms with Crippen molar-refractivity contribution in [3.63, 3.8) is 0 Å². The molecule has 2 heterocycles. The summed E-state index contributed by atoms with van der Waals surface area (Å²) < 4.78 is 0. The number of amides is 1. The number of rotatable bonds is 4. The second-order valence-corrected chi connectivity index (χ2v) is 5.43. The largest absolute Gasteiger partial charge is 0.465 e. The van der Waals surface area contributed by atoms with Crippen molar-refractivity contribution in [2.75, 3.05) is 5.32 Å². The number of fused-ring (bicyclic) bond motifs is 1. The van der Waals surface area contributed by atoms with Crippen LogP contribution in [0.1, 0.15) is 6.42 Å². The Morgan fingerprint density at radius 2 is 2.24 bits per heavy atom. The second-order valence-electron chi connectivity index (χ2n) is 5.43. The van der Waals surface area contributed by atoms with Gasteiger partial charge in [-0.15, -0.1) is 0 Å². The summed E-state index contributed by atoms with van der Waals surface area (Å²) in [5.74, 6) is 1.04. The van der Waals surface area contributed by atoms with Crippen LogP contribution in [0.4, 0.5) is 10.6 Å². The summed E-state index contributed by atoms with van der Waals surface area (Å²) in [4.78, 5) is 23.4. The smallest absolute Gasteiger partial charge is 0.405 e. The summed E-state index contributed by atoms with van der Waals surface area (Å²) in [5.41, 5.74) is 1.40. The molecule has 3 unspecified atom stereocenters. The monoisotopic (exact) mass is 283 g/mol. The maximum atomic E-state index is 10.7. The van der Waals surface area contributed by atoms with E-state index in [0.717, 1.165) is 17.7 Å². The van der Waals surface area contributed by atoms with Gasteiger partial charge in [-0.2, -0.15) is 0 Å². The van der Waals surface area contributed by atoms with Gasteiger partial charge in [-0.05, 0) is 18.6 Å². The molecule has 2 aliphatic rings. The summed E-state index contributed by atoms with van der Waals surface area (Å²) in [7, 11) is 0. The minimum absolute atomic E-state index is 0.132. The molecular weight excluding hydrogens is 270 g/mol. The van der Waals surface area contributed by atoms with Gasteiger partial charge in [0.1, 0.15) is 5.82 Å². The Labute approximate surface area is 120 Å². The number of hydrogen-bond donors (Lipinski definition) is 3. The van der Waals surface area contributed by atoms with Gasteiger partial charge in [0, 0.05) is 23.9 Å². The third-order valence-electron chi connectivity index (χ3n) is 4.16. The number of pyridine rings is 1. The average Bonchev–Trinajstić information content (AvgIpc) is 3.35. The molecule has 2 saturated carbocycles. The molecule has 0 saturated heterocycles. The molecule has 0 bridgehead atoms. The van der Waals surface area contributed by atoms with Gasteiger partial charge >= 0.3 is 6.09 Å². The first kappa shape index (κ1) is 12.1. The Bertz CT molecular complexity index is 690. The van der Waals surface area contributed by atoms with E-state index in [0.29, 0.717) is 11.7 Å². The number of nitrogens with zero attached hydrogens (tertiary/aromatic N) is 3. The molecule has 21 heavy (non-hydrogen) atoms. The van der Waals surface area contributed by atoms with E-state index in [4.69, 9.17) is 5.11 Å². The normalized spacial score (nSPS) is 28.4. The first-order chi connectivity index (χ1) is 10.2. The van der Waals surface area contributed by atoms with Crippen LogP contribution in [0.2, 0.25) is 0 Å². The molecule has 2 aromatic rings. The van der Waals surface area contributed by atoms with E-state index in [-0.39, 0.29) is 11.6 Å². The molecule has 0 spiro atoms. The van der Waals surface area contributed by atoms with E-state index in [1.54, 1.807) is 24.8 Å². The van der Waals surface area contributed by atoms with Gasteiger partial charge in [0.15, 0.2) is 0 Å². The second kappa shape index (κ2) is 4.15. The Morgan fingerprint density at radius 1 is 1.33 bits per heavy atom. The van der Waals surface area contributed by atoms with E-state index in [9.17, 15) is 4.79 Å². The van der Waals surface area contributed by atoms with Crippen LogP contribution in [-0.4, -0.2) is 37.7 Å². The van der Waals surface area contributed by atoms with Gasteiger partial charge in [-0.1, -0.05) is 0 Å². The number of carboxylic acid groups (broad SMARTS) is 1. The van der Waals surface area contributed by atoms with Gasteiger partial charge in [-0.25, -0.2) is 9.78 Å². The molecule has 7 heteroatoms. The average molecular weight is 283 g/mol. The SMILES string of the molecule is O=C(O)NC12CC1C2Nc1cnc(-c2cccnc2)cn1. The molecule has 106 valence electrons. The predicted molar refractivity (Wildman–Crippen MR) is 74.7 cm³/mol. The van der Waals surface area contributed by atoms with Crippen molar-refractivity contribution in [2.24, 2.45) is 5.92 Å². The van der Waals surface area contributed by atoms with Crippen LogP contribution in [0.15, 0.2) is 36.9 Å². The van der Waals surface area contributed by atoms with Gasteiger partial charge in [-0.3, -0.25) is 9.97 Å². The molecular formula is C14H13N5O2. The summed E-state index contributed by atoms with van der Waals surface area (Å²) in [6.07, 6.45) is 6.72.